The van der Waals surface area contributed by atoms with E-state index in [1.165, 1.54) is 29.2 Å². The molecule has 1 saturated carbocycles. The van der Waals surface area contributed by atoms with Gasteiger partial charge >= 0.3 is 0 Å². The molecule has 106 valence electrons. The van der Waals surface area contributed by atoms with Gasteiger partial charge in [0.05, 0.1) is 17.4 Å². The second-order valence-electron chi connectivity index (χ2n) is 6.23. The van der Waals surface area contributed by atoms with Crippen LogP contribution in [0.25, 0.3) is 22.0 Å². The maximum Gasteiger partial charge on any atom is 0.126 e. The van der Waals surface area contributed by atoms with Crippen LogP contribution in [0.3, 0.4) is 0 Å². The van der Waals surface area contributed by atoms with Crippen LogP contribution in [0.15, 0.2) is 48.7 Å². The lowest BCUT2D eigenvalue weighted by molar-refractivity contribution is 0.404. The Morgan fingerprint density at radius 1 is 1.14 bits per heavy atom. The van der Waals surface area contributed by atoms with Crippen LogP contribution in [0.2, 0.25) is 0 Å². The molecule has 1 unspecified atom stereocenters. The van der Waals surface area contributed by atoms with E-state index in [1.807, 2.05) is 6.20 Å². The number of aromatic amines is 1. The molecule has 3 N–H and O–H groups in total. The number of imidazole rings is 1. The van der Waals surface area contributed by atoms with Gasteiger partial charge in [0.2, 0.25) is 0 Å². The number of nitrogens with one attached hydrogen (secondary N) is 1. The Bertz CT molecular complexity index is 792. The van der Waals surface area contributed by atoms with Crippen molar-refractivity contribution in [3.05, 3.63) is 54.5 Å². The third-order valence-corrected chi connectivity index (χ3v) is 4.59. The van der Waals surface area contributed by atoms with Crippen molar-refractivity contribution < 1.29 is 0 Å². The fourth-order valence-electron chi connectivity index (χ4n) is 3.07. The number of benzene rings is 2. The Balaban J connectivity index is 1.81. The summed E-state index contributed by atoms with van der Waals surface area (Å²) in [6, 6.07) is 14.8. The molecular formula is C18H19N3. The van der Waals surface area contributed by atoms with E-state index < -0.39 is 0 Å². The predicted molar refractivity (Wildman–Crippen MR) is 85.8 cm³/mol. The van der Waals surface area contributed by atoms with Crippen LogP contribution < -0.4 is 5.73 Å². The van der Waals surface area contributed by atoms with Gasteiger partial charge in [-0.2, -0.15) is 0 Å². The predicted octanol–water partition coefficient (Wildman–Crippen LogP) is 3.81. The molecular weight excluding hydrogens is 258 g/mol. The minimum absolute atomic E-state index is 0.344. The molecule has 0 bridgehead atoms. The standard InChI is InChI=1S/C18H19N3/c1-18(19,13-9-10-13)17-20-11-16(21-17)15-8-4-6-12-5-2-3-7-14(12)15/h2-8,11,13H,9-10,19H2,1H3,(H,20,21). The van der Waals surface area contributed by atoms with Crippen molar-refractivity contribution in [3.8, 4) is 11.3 Å². The lowest BCUT2D eigenvalue weighted by atomic mass is 9.96. The molecule has 1 heterocycles. The number of nitrogens with two attached hydrogens (primary N) is 1. The fourth-order valence-corrected chi connectivity index (χ4v) is 3.07. The molecule has 3 nitrogen and oxygen atoms in total. The van der Waals surface area contributed by atoms with Gasteiger partial charge in [0.25, 0.3) is 0 Å². The van der Waals surface area contributed by atoms with Crippen molar-refractivity contribution in [2.24, 2.45) is 11.7 Å². The molecule has 0 radical (unpaired) electrons. The Morgan fingerprint density at radius 2 is 1.90 bits per heavy atom. The van der Waals surface area contributed by atoms with Gasteiger partial charge < -0.3 is 10.7 Å². The van der Waals surface area contributed by atoms with E-state index in [9.17, 15) is 0 Å². The number of H-pyrrole nitrogens is 1. The van der Waals surface area contributed by atoms with Crippen LogP contribution in [0, 0.1) is 5.92 Å². The van der Waals surface area contributed by atoms with Crippen LogP contribution in [-0.2, 0) is 5.54 Å². The van der Waals surface area contributed by atoms with Crippen LogP contribution in [0.5, 0.6) is 0 Å². The molecule has 0 saturated heterocycles. The first-order valence-corrected chi connectivity index (χ1v) is 7.49. The number of hydrogen-bond donors (Lipinski definition) is 2. The van der Waals surface area contributed by atoms with Crippen molar-refractivity contribution in [1.29, 1.82) is 0 Å². The Morgan fingerprint density at radius 3 is 2.71 bits per heavy atom. The van der Waals surface area contributed by atoms with Crippen molar-refractivity contribution in [3.63, 3.8) is 0 Å². The van der Waals surface area contributed by atoms with E-state index >= 15 is 0 Å². The van der Waals surface area contributed by atoms with E-state index in [0.717, 1.165) is 11.5 Å². The topological polar surface area (TPSA) is 54.7 Å². The first kappa shape index (κ1) is 12.6. The molecule has 0 amide bonds. The molecule has 0 aliphatic heterocycles. The summed E-state index contributed by atoms with van der Waals surface area (Å²) in [5.41, 5.74) is 8.33. The van der Waals surface area contributed by atoms with Gasteiger partial charge in [0.1, 0.15) is 5.82 Å². The SMILES string of the molecule is CC(N)(c1ncc(-c2cccc3ccccc23)[nH]1)C1CC1. The van der Waals surface area contributed by atoms with E-state index in [-0.39, 0.29) is 5.54 Å². The summed E-state index contributed by atoms with van der Waals surface area (Å²) in [4.78, 5) is 8.00. The average Bonchev–Trinajstić information content (AvgIpc) is 3.25. The van der Waals surface area contributed by atoms with E-state index in [0.29, 0.717) is 5.92 Å². The summed E-state index contributed by atoms with van der Waals surface area (Å²) in [6.07, 6.45) is 4.32. The lowest BCUT2D eigenvalue weighted by Gasteiger charge is -2.21. The Labute approximate surface area is 124 Å². The molecule has 1 fully saturated rings. The summed E-state index contributed by atoms with van der Waals surface area (Å²) >= 11 is 0. The second kappa shape index (κ2) is 4.43. The highest BCUT2D eigenvalue weighted by Gasteiger charge is 2.41. The third kappa shape index (κ3) is 2.05. The molecule has 4 rings (SSSR count). The van der Waals surface area contributed by atoms with Gasteiger partial charge in [0, 0.05) is 5.56 Å². The normalized spacial score (nSPS) is 17.8. The summed E-state index contributed by atoms with van der Waals surface area (Å²) in [5, 5.41) is 2.48. The molecule has 3 aromatic rings. The monoisotopic (exact) mass is 277 g/mol. The van der Waals surface area contributed by atoms with Crippen LogP contribution >= 0.6 is 0 Å². The molecule has 1 aromatic heterocycles. The first-order chi connectivity index (χ1) is 10.2. The summed E-state index contributed by atoms with van der Waals surface area (Å²) in [6.45, 7) is 2.08. The summed E-state index contributed by atoms with van der Waals surface area (Å²) in [7, 11) is 0. The average molecular weight is 277 g/mol. The Hall–Kier alpha value is -2.13. The van der Waals surface area contributed by atoms with E-state index in [4.69, 9.17) is 5.73 Å². The Kier molecular flexibility index (Phi) is 2.66. The number of hydrogen-bond acceptors (Lipinski definition) is 2. The van der Waals surface area contributed by atoms with Gasteiger partial charge in [-0.1, -0.05) is 42.5 Å². The summed E-state index contributed by atoms with van der Waals surface area (Å²) in [5.74, 6) is 1.46. The maximum absolute atomic E-state index is 6.45. The lowest BCUT2D eigenvalue weighted by Crippen LogP contribution is -2.36. The molecule has 0 spiro atoms. The minimum atomic E-state index is -0.344. The van der Waals surface area contributed by atoms with Crippen molar-refractivity contribution in [1.82, 2.24) is 9.97 Å². The van der Waals surface area contributed by atoms with Gasteiger partial charge in [-0.15, -0.1) is 0 Å². The quantitative estimate of drug-likeness (QED) is 0.764. The molecule has 1 aliphatic rings. The zero-order valence-electron chi connectivity index (χ0n) is 12.1. The van der Waals surface area contributed by atoms with E-state index in [1.54, 1.807) is 0 Å². The molecule has 3 heteroatoms. The highest BCUT2D eigenvalue weighted by molar-refractivity contribution is 5.95. The highest BCUT2D eigenvalue weighted by atomic mass is 15.0. The molecule has 2 aromatic carbocycles. The van der Waals surface area contributed by atoms with Gasteiger partial charge in [-0.3, -0.25) is 0 Å². The minimum Gasteiger partial charge on any atom is -0.340 e. The highest BCUT2D eigenvalue weighted by Crippen LogP contribution is 2.43. The van der Waals surface area contributed by atoms with Crippen molar-refractivity contribution in [2.45, 2.75) is 25.3 Å². The van der Waals surface area contributed by atoms with Crippen LogP contribution in [0.1, 0.15) is 25.6 Å². The number of rotatable bonds is 3. The first-order valence-electron chi connectivity index (χ1n) is 7.49. The number of fused-ring (bicyclic) bond motifs is 1. The zero-order chi connectivity index (χ0) is 14.4. The van der Waals surface area contributed by atoms with Gasteiger partial charge in [-0.25, -0.2) is 4.98 Å². The second-order valence-corrected chi connectivity index (χ2v) is 6.23. The van der Waals surface area contributed by atoms with Crippen molar-refractivity contribution >= 4 is 10.8 Å². The molecule has 21 heavy (non-hydrogen) atoms. The number of aromatic nitrogens is 2. The number of nitrogens with zero attached hydrogens (tertiary/aromatic N) is 1. The zero-order valence-corrected chi connectivity index (χ0v) is 12.1. The largest absolute Gasteiger partial charge is 0.340 e. The maximum atomic E-state index is 6.45. The van der Waals surface area contributed by atoms with E-state index in [2.05, 4.69) is 59.4 Å². The van der Waals surface area contributed by atoms with Crippen LogP contribution in [0.4, 0.5) is 0 Å². The van der Waals surface area contributed by atoms with Gasteiger partial charge in [-0.05, 0) is 36.5 Å². The smallest absolute Gasteiger partial charge is 0.126 e. The fraction of sp³-hybridized carbons (Fsp3) is 0.278. The summed E-state index contributed by atoms with van der Waals surface area (Å²) < 4.78 is 0. The third-order valence-electron chi connectivity index (χ3n) is 4.59. The van der Waals surface area contributed by atoms with Gasteiger partial charge in [0.15, 0.2) is 0 Å². The molecule has 1 atom stereocenters. The van der Waals surface area contributed by atoms with Crippen LogP contribution in [-0.4, -0.2) is 9.97 Å². The van der Waals surface area contributed by atoms with Crippen molar-refractivity contribution in [2.75, 3.05) is 0 Å². The molecule has 1 aliphatic carbocycles.